The first-order chi connectivity index (χ1) is 13.9. The quantitative estimate of drug-likeness (QED) is 0.421. The third kappa shape index (κ3) is 4.49. The number of benzene rings is 2. The number of amides is 1. The molecule has 29 heavy (non-hydrogen) atoms. The second kappa shape index (κ2) is 8.93. The van der Waals surface area contributed by atoms with Crippen LogP contribution >= 0.6 is 11.8 Å². The Kier molecular flexibility index (Phi) is 6.35. The molecule has 1 aliphatic heterocycles. The van der Waals surface area contributed by atoms with Crippen LogP contribution in [0.4, 0.5) is 10.1 Å². The van der Waals surface area contributed by atoms with Crippen molar-refractivity contribution in [3.63, 3.8) is 0 Å². The van der Waals surface area contributed by atoms with Crippen LogP contribution in [0.3, 0.4) is 0 Å². The lowest BCUT2D eigenvalue weighted by molar-refractivity contribution is -0.138. The molecule has 0 unspecified atom stereocenters. The predicted molar refractivity (Wildman–Crippen MR) is 109 cm³/mol. The van der Waals surface area contributed by atoms with Crippen molar-refractivity contribution in [3.8, 4) is 6.07 Å². The third-order valence-electron chi connectivity index (χ3n) is 4.38. The summed E-state index contributed by atoms with van der Waals surface area (Å²) in [7, 11) is 0. The Morgan fingerprint density at radius 2 is 1.86 bits per heavy atom. The fourth-order valence-electron chi connectivity index (χ4n) is 2.94. The van der Waals surface area contributed by atoms with Crippen molar-refractivity contribution in [3.05, 3.63) is 76.1 Å². The predicted octanol–water partition coefficient (Wildman–Crippen LogP) is 4.12. The number of carbonyl (C=O) groups excluding carboxylic acids is 2. The fourth-order valence-corrected chi connectivity index (χ4v) is 4.24. The zero-order valence-corrected chi connectivity index (χ0v) is 16.8. The van der Waals surface area contributed by atoms with Crippen molar-refractivity contribution < 1.29 is 18.7 Å². The minimum Gasteiger partial charge on any atom is -0.462 e. The molecule has 1 saturated heterocycles. The zero-order chi connectivity index (χ0) is 21.0. The Morgan fingerprint density at radius 1 is 1.21 bits per heavy atom. The molecule has 5 nitrogen and oxygen atoms in total. The van der Waals surface area contributed by atoms with Crippen LogP contribution in [-0.2, 0) is 20.7 Å². The second-order valence-electron chi connectivity index (χ2n) is 6.46. The highest BCUT2D eigenvalue weighted by atomic mass is 32.2. The van der Waals surface area contributed by atoms with E-state index in [0.29, 0.717) is 12.1 Å². The van der Waals surface area contributed by atoms with Gasteiger partial charge in [0, 0.05) is 5.69 Å². The smallest absolute Gasteiger partial charge is 0.351 e. The van der Waals surface area contributed by atoms with E-state index in [4.69, 9.17) is 4.74 Å². The molecule has 2 aromatic carbocycles. The Labute approximate surface area is 172 Å². The highest BCUT2D eigenvalue weighted by Crippen LogP contribution is 2.42. The largest absolute Gasteiger partial charge is 0.462 e. The van der Waals surface area contributed by atoms with E-state index in [1.54, 1.807) is 31.2 Å². The molecule has 0 radical (unpaired) electrons. The molecule has 0 N–H and O–H groups in total. The van der Waals surface area contributed by atoms with E-state index < -0.39 is 11.2 Å². The van der Waals surface area contributed by atoms with E-state index in [0.717, 1.165) is 22.9 Å². The molecule has 0 aliphatic carbocycles. The number of thioether (sulfide) groups is 1. The number of nitrogens with zero attached hydrogens (tertiary/aromatic N) is 2. The van der Waals surface area contributed by atoms with Crippen LogP contribution in [0.15, 0.2) is 59.1 Å². The van der Waals surface area contributed by atoms with Crippen molar-refractivity contribution >= 4 is 29.3 Å². The summed E-state index contributed by atoms with van der Waals surface area (Å²) in [5.74, 6) is -1.35. The number of hydrogen-bond acceptors (Lipinski definition) is 5. The molecule has 1 amide bonds. The van der Waals surface area contributed by atoms with Gasteiger partial charge in [-0.15, -0.1) is 0 Å². The van der Waals surface area contributed by atoms with Crippen molar-refractivity contribution in [1.82, 2.24) is 0 Å². The number of rotatable bonds is 5. The van der Waals surface area contributed by atoms with Gasteiger partial charge in [0.1, 0.15) is 16.9 Å². The van der Waals surface area contributed by atoms with Crippen molar-refractivity contribution in [2.75, 3.05) is 11.5 Å². The lowest BCUT2D eigenvalue weighted by Gasteiger charge is -2.18. The highest BCUT2D eigenvalue weighted by molar-refractivity contribution is 8.05. The summed E-state index contributed by atoms with van der Waals surface area (Å²) in [6.07, 6.45) is 0.344. The molecule has 1 fully saturated rings. The Bertz CT molecular complexity index is 994. The maximum absolute atomic E-state index is 13.2. The summed E-state index contributed by atoms with van der Waals surface area (Å²) in [4.78, 5) is 26.9. The van der Waals surface area contributed by atoms with Crippen molar-refractivity contribution in [2.45, 2.75) is 25.5 Å². The van der Waals surface area contributed by atoms with Crippen LogP contribution in [-0.4, -0.2) is 23.7 Å². The monoisotopic (exact) mass is 410 g/mol. The van der Waals surface area contributed by atoms with Gasteiger partial charge in [0.15, 0.2) is 5.57 Å². The van der Waals surface area contributed by atoms with Gasteiger partial charge in [-0.3, -0.25) is 9.69 Å². The molecule has 0 bridgehead atoms. The molecule has 1 heterocycles. The molecule has 1 aliphatic rings. The summed E-state index contributed by atoms with van der Waals surface area (Å²) < 4.78 is 18.2. The summed E-state index contributed by atoms with van der Waals surface area (Å²) in [6, 6.07) is 15.1. The average Bonchev–Trinajstić information content (AvgIpc) is 3.01. The van der Waals surface area contributed by atoms with Crippen molar-refractivity contribution in [2.24, 2.45) is 0 Å². The summed E-state index contributed by atoms with van der Waals surface area (Å²) in [5, 5.41) is 9.29. The van der Waals surface area contributed by atoms with Crippen LogP contribution in [0, 0.1) is 24.1 Å². The maximum atomic E-state index is 13.2. The van der Waals surface area contributed by atoms with E-state index in [1.165, 1.54) is 17.0 Å². The number of esters is 1. The molecule has 2 aromatic rings. The lowest BCUT2D eigenvalue weighted by Crippen LogP contribution is -2.30. The molecule has 3 rings (SSSR count). The van der Waals surface area contributed by atoms with Gasteiger partial charge < -0.3 is 4.74 Å². The van der Waals surface area contributed by atoms with Crippen LogP contribution < -0.4 is 4.90 Å². The Morgan fingerprint density at radius 3 is 2.45 bits per heavy atom. The van der Waals surface area contributed by atoms with Gasteiger partial charge in [0.25, 0.3) is 0 Å². The second-order valence-corrected chi connectivity index (χ2v) is 7.65. The minimum atomic E-state index is -0.759. The lowest BCUT2D eigenvalue weighted by atomic mass is 10.1. The first-order valence-electron chi connectivity index (χ1n) is 9.07. The Hall–Kier alpha value is -3.11. The number of carbonyl (C=O) groups is 2. The standard InChI is InChI=1S/C22H19FN2O3S/c1-3-28-22(27)18(13-24)21-25(17-10-4-14(2)5-11-17)20(26)19(29-21)12-15-6-8-16(23)9-7-15/h4-11,19H,3,12H2,1-2H3/b21-18+/t19-/m0/s1. The van der Waals surface area contributed by atoms with Gasteiger partial charge in [-0.25, -0.2) is 9.18 Å². The van der Waals surface area contributed by atoms with Gasteiger partial charge in [0.05, 0.1) is 11.9 Å². The van der Waals surface area contributed by atoms with E-state index in [-0.39, 0.29) is 28.9 Å². The number of nitriles is 1. The van der Waals surface area contributed by atoms with Crippen molar-refractivity contribution in [1.29, 1.82) is 5.26 Å². The molecule has 0 aromatic heterocycles. The van der Waals surface area contributed by atoms with Crippen LogP contribution in [0.1, 0.15) is 18.1 Å². The van der Waals surface area contributed by atoms with E-state index in [9.17, 15) is 19.2 Å². The van der Waals surface area contributed by atoms with Crippen LogP contribution in [0.25, 0.3) is 0 Å². The first kappa shape index (κ1) is 20.6. The number of ether oxygens (including phenoxy) is 1. The molecule has 0 saturated carbocycles. The summed E-state index contributed by atoms with van der Waals surface area (Å²) in [5.41, 5.74) is 2.18. The molecular weight excluding hydrogens is 391 g/mol. The van der Waals surface area contributed by atoms with Gasteiger partial charge in [-0.2, -0.15) is 5.26 Å². The molecule has 148 valence electrons. The molecule has 1 atom stereocenters. The summed E-state index contributed by atoms with van der Waals surface area (Å²) >= 11 is 1.15. The average molecular weight is 410 g/mol. The molecular formula is C22H19FN2O3S. The highest BCUT2D eigenvalue weighted by Gasteiger charge is 2.41. The molecule has 0 spiro atoms. The third-order valence-corrected chi connectivity index (χ3v) is 5.65. The van der Waals surface area contributed by atoms with E-state index in [2.05, 4.69) is 0 Å². The Balaban J connectivity index is 2.02. The topological polar surface area (TPSA) is 70.4 Å². The van der Waals surface area contributed by atoms with Gasteiger partial charge in [0.2, 0.25) is 5.91 Å². The normalized spacial score (nSPS) is 17.8. The van der Waals surface area contributed by atoms with Gasteiger partial charge in [-0.05, 0) is 50.1 Å². The fraction of sp³-hybridized carbons (Fsp3) is 0.227. The minimum absolute atomic E-state index is 0.124. The summed E-state index contributed by atoms with van der Waals surface area (Å²) in [6.45, 7) is 3.71. The zero-order valence-electron chi connectivity index (χ0n) is 16.0. The van der Waals surface area contributed by atoms with Crippen LogP contribution in [0.2, 0.25) is 0 Å². The van der Waals surface area contributed by atoms with E-state index >= 15 is 0 Å². The number of aryl methyl sites for hydroxylation is 1. The van der Waals surface area contributed by atoms with E-state index in [1.807, 2.05) is 25.1 Å². The van der Waals surface area contributed by atoms with Crippen LogP contribution in [0.5, 0.6) is 0 Å². The van der Waals surface area contributed by atoms with Gasteiger partial charge in [-0.1, -0.05) is 41.6 Å². The van der Waals surface area contributed by atoms with Gasteiger partial charge >= 0.3 is 5.97 Å². The first-order valence-corrected chi connectivity index (χ1v) is 9.95. The number of anilines is 1. The maximum Gasteiger partial charge on any atom is 0.351 e. The SMILES string of the molecule is CCOC(=O)/C(C#N)=C1/S[C@@H](Cc2ccc(F)cc2)C(=O)N1c1ccc(C)cc1. The number of hydrogen-bond donors (Lipinski definition) is 0. The molecule has 7 heteroatoms. The number of halogens is 1.